The van der Waals surface area contributed by atoms with Gasteiger partial charge in [-0.25, -0.2) is 0 Å². The Bertz CT molecular complexity index is 413. The Morgan fingerprint density at radius 3 is 2.65 bits per heavy atom. The summed E-state index contributed by atoms with van der Waals surface area (Å²) >= 11 is 0. The first kappa shape index (κ1) is 14.9. The fourth-order valence-electron chi connectivity index (χ4n) is 1.88. The lowest BCUT2D eigenvalue weighted by Crippen LogP contribution is -2.27. The van der Waals surface area contributed by atoms with Crippen LogP contribution in [0, 0.1) is 5.92 Å². The molecule has 20 heavy (non-hydrogen) atoms. The molecule has 0 heterocycles. The van der Waals surface area contributed by atoms with Crippen LogP contribution in [0.3, 0.4) is 0 Å². The van der Waals surface area contributed by atoms with Crippen molar-refractivity contribution in [1.29, 1.82) is 0 Å². The predicted octanol–water partition coefficient (Wildman–Crippen LogP) is 2.66. The standard InChI is InChI=1S/C16H24N2O2/c1-2-9-17-15-7-5-14(6-8-15)16(19)18-10-11-20-12-13-3-4-13/h5-8,13,17H,2-4,9-12H2,1H3,(H,18,19). The van der Waals surface area contributed by atoms with Gasteiger partial charge in [0.15, 0.2) is 0 Å². The van der Waals surface area contributed by atoms with E-state index in [9.17, 15) is 4.79 Å². The van der Waals surface area contributed by atoms with Crippen molar-refractivity contribution < 1.29 is 9.53 Å². The van der Waals surface area contributed by atoms with Gasteiger partial charge < -0.3 is 15.4 Å². The van der Waals surface area contributed by atoms with Crippen LogP contribution in [-0.4, -0.2) is 32.2 Å². The van der Waals surface area contributed by atoms with Gasteiger partial charge in [0, 0.05) is 30.9 Å². The molecule has 0 radical (unpaired) electrons. The number of nitrogens with one attached hydrogen (secondary N) is 2. The van der Waals surface area contributed by atoms with E-state index in [-0.39, 0.29) is 5.91 Å². The van der Waals surface area contributed by atoms with Crippen LogP contribution in [0.15, 0.2) is 24.3 Å². The maximum Gasteiger partial charge on any atom is 0.251 e. The first-order valence-corrected chi connectivity index (χ1v) is 7.49. The topological polar surface area (TPSA) is 50.4 Å². The molecule has 4 heteroatoms. The van der Waals surface area contributed by atoms with E-state index in [1.807, 2.05) is 24.3 Å². The Labute approximate surface area is 120 Å². The highest BCUT2D eigenvalue weighted by Gasteiger charge is 2.20. The molecule has 1 aromatic rings. The molecular formula is C16H24N2O2. The van der Waals surface area contributed by atoms with Gasteiger partial charge in [0.2, 0.25) is 0 Å². The van der Waals surface area contributed by atoms with E-state index in [4.69, 9.17) is 4.74 Å². The summed E-state index contributed by atoms with van der Waals surface area (Å²) in [7, 11) is 0. The average molecular weight is 276 g/mol. The summed E-state index contributed by atoms with van der Waals surface area (Å²) in [6.07, 6.45) is 3.68. The summed E-state index contributed by atoms with van der Waals surface area (Å²) < 4.78 is 5.48. The number of carbonyl (C=O) groups excluding carboxylic acids is 1. The molecule has 1 fully saturated rings. The lowest BCUT2D eigenvalue weighted by atomic mass is 10.2. The maximum atomic E-state index is 11.9. The van der Waals surface area contributed by atoms with Crippen molar-refractivity contribution in [3.8, 4) is 0 Å². The molecule has 0 spiro atoms. The van der Waals surface area contributed by atoms with E-state index in [1.54, 1.807) is 0 Å². The molecule has 0 aliphatic heterocycles. The fourth-order valence-corrected chi connectivity index (χ4v) is 1.88. The SMILES string of the molecule is CCCNc1ccc(C(=O)NCCOCC2CC2)cc1. The van der Waals surface area contributed by atoms with Crippen molar-refractivity contribution >= 4 is 11.6 Å². The maximum absolute atomic E-state index is 11.9. The molecule has 0 aromatic heterocycles. The predicted molar refractivity (Wildman–Crippen MR) is 81.1 cm³/mol. The average Bonchev–Trinajstić information content (AvgIpc) is 3.29. The van der Waals surface area contributed by atoms with Crippen LogP contribution in [0.2, 0.25) is 0 Å². The van der Waals surface area contributed by atoms with Crippen LogP contribution in [0.25, 0.3) is 0 Å². The van der Waals surface area contributed by atoms with Crippen molar-refractivity contribution in [3.63, 3.8) is 0 Å². The Morgan fingerprint density at radius 2 is 2.00 bits per heavy atom. The number of hydrogen-bond donors (Lipinski definition) is 2. The van der Waals surface area contributed by atoms with Gasteiger partial charge >= 0.3 is 0 Å². The van der Waals surface area contributed by atoms with Crippen LogP contribution >= 0.6 is 0 Å². The third kappa shape index (κ3) is 5.21. The summed E-state index contributed by atoms with van der Waals surface area (Å²) in [5.74, 6) is 0.732. The number of rotatable bonds is 9. The van der Waals surface area contributed by atoms with Gasteiger partial charge in [-0.15, -0.1) is 0 Å². The zero-order valence-corrected chi connectivity index (χ0v) is 12.2. The molecule has 110 valence electrons. The van der Waals surface area contributed by atoms with E-state index in [1.165, 1.54) is 12.8 Å². The molecule has 2 N–H and O–H groups in total. The molecule has 0 unspecified atom stereocenters. The summed E-state index contributed by atoms with van der Waals surface area (Å²) in [6, 6.07) is 7.57. The molecule has 0 saturated heterocycles. The number of benzene rings is 1. The molecule has 0 atom stereocenters. The molecular weight excluding hydrogens is 252 g/mol. The first-order valence-electron chi connectivity index (χ1n) is 7.49. The number of anilines is 1. The molecule has 4 nitrogen and oxygen atoms in total. The van der Waals surface area contributed by atoms with Crippen LogP contribution < -0.4 is 10.6 Å². The van der Waals surface area contributed by atoms with E-state index < -0.39 is 0 Å². The minimum absolute atomic E-state index is 0.0398. The highest BCUT2D eigenvalue weighted by atomic mass is 16.5. The molecule has 0 bridgehead atoms. The van der Waals surface area contributed by atoms with Gasteiger partial charge in [0.1, 0.15) is 0 Å². The smallest absolute Gasteiger partial charge is 0.251 e. The van der Waals surface area contributed by atoms with Gasteiger partial charge in [-0.2, -0.15) is 0 Å². The Kier molecular flexibility index (Phi) is 5.87. The number of carbonyl (C=O) groups is 1. The molecule has 1 amide bonds. The van der Waals surface area contributed by atoms with E-state index in [0.717, 1.165) is 31.2 Å². The van der Waals surface area contributed by atoms with E-state index in [0.29, 0.717) is 18.7 Å². The zero-order chi connectivity index (χ0) is 14.2. The second kappa shape index (κ2) is 7.90. The molecule has 1 aliphatic carbocycles. The van der Waals surface area contributed by atoms with E-state index in [2.05, 4.69) is 17.6 Å². The van der Waals surface area contributed by atoms with Crippen LogP contribution in [0.4, 0.5) is 5.69 Å². The largest absolute Gasteiger partial charge is 0.385 e. The van der Waals surface area contributed by atoms with Gasteiger partial charge in [-0.05, 0) is 49.4 Å². The highest BCUT2D eigenvalue weighted by Crippen LogP contribution is 2.28. The van der Waals surface area contributed by atoms with Crippen molar-refractivity contribution in [2.45, 2.75) is 26.2 Å². The highest BCUT2D eigenvalue weighted by molar-refractivity contribution is 5.94. The number of amides is 1. The second-order valence-electron chi connectivity index (χ2n) is 5.28. The molecule has 1 aliphatic rings. The summed E-state index contributed by atoms with van der Waals surface area (Å²) in [5, 5.41) is 6.16. The van der Waals surface area contributed by atoms with Crippen molar-refractivity contribution in [3.05, 3.63) is 29.8 Å². The van der Waals surface area contributed by atoms with E-state index >= 15 is 0 Å². The monoisotopic (exact) mass is 276 g/mol. The Morgan fingerprint density at radius 1 is 1.25 bits per heavy atom. The lowest BCUT2D eigenvalue weighted by Gasteiger charge is -2.08. The van der Waals surface area contributed by atoms with Crippen LogP contribution in [0.1, 0.15) is 36.5 Å². The summed E-state index contributed by atoms with van der Waals surface area (Å²) in [6.45, 7) is 5.08. The van der Waals surface area contributed by atoms with Crippen LogP contribution in [-0.2, 0) is 4.74 Å². The van der Waals surface area contributed by atoms with Crippen molar-refractivity contribution in [2.24, 2.45) is 5.92 Å². The van der Waals surface area contributed by atoms with Crippen molar-refractivity contribution in [1.82, 2.24) is 5.32 Å². The second-order valence-corrected chi connectivity index (χ2v) is 5.28. The van der Waals surface area contributed by atoms with Gasteiger partial charge in [-0.1, -0.05) is 6.92 Å². The van der Waals surface area contributed by atoms with Crippen LogP contribution in [0.5, 0.6) is 0 Å². The minimum atomic E-state index is -0.0398. The molecule has 1 saturated carbocycles. The first-order chi connectivity index (χ1) is 9.79. The minimum Gasteiger partial charge on any atom is -0.385 e. The van der Waals surface area contributed by atoms with Gasteiger partial charge in [0.05, 0.1) is 6.61 Å². The zero-order valence-electron chi connectivity index (χ0n) is 12.2. The summed E-state index contributed by atoms with van der Waals surface area (Å²) in [4.78, 5) is 11.9. The third-order valence-corrected chi connectivity index (χ3v) is 3.31. The fraction of sp³-hybridized carbons (Fsp3) is 0.562. The Hall–Kier alpha value is -1.55. The molecule has 1 aromatic carbocycles. The van der Waals surface area contributed by atoms with Crippen molar-refractivity contribution in [2.75, 3.05) is 31.6 Å². The molecule has 2 rings (SSSR count). The number of hydrogen-bond acceptors (Lipinski definition) is 3. The van der Waals surface area contributed by atoms with Gasteiger partial charge in [-0.3, -0.25) is 4.79 Å². The Balaban J connectivity index is 1.65. The summed E-state index contributed by atoms with van der Waals surface area (Å²) in [5.41, 5.74) is 1.74. The quantitative estimate of drug-likeness (QED) is 0.682. The third-order valence-electron chi connectivity index (χ3n) is 3.31. The van der Waals surface area contributed by atoms with Gasteiger partial charge in [0.25, 0.3) is 5.91 Å². The normalized spacial score (nSPS) is 14.1. The number of ether oxygens (including phenoxy) is 1. The lowest BCUT2D eigenvalue weighted by molar-refractivity contribution is 0.0906.